The normalized spacial score (nSPS) is 14.0. The van der Waals surface area contributed by atoms with E-state index < -0.39 is 46.8 Å². The van der Waals surface area contributed by atoms with Gasteiger partial charge in [-0.25, -0.2) is 0 Å². The largest absolute Gasteiger partial charge is 0.504 e. The third-order valence-electron chi connectivity index (χ3n) is 5.61. The predicted molar refractivity (Wildman–Crippen MR) is 141 cm³/mol. The van der Waals surface area contributed by atoms with Crippen LogP contribution in [0.5, 0.6) is 11.5 Å². The van der Waals surface area contributed by atoms with Crippen molar-refractivity contribution in [1.29, 1.82) is 0 Å². The molecule has 11 nitrogen and oxygen atoms in total. The number of carbonyl (C=O) groups is 4. The number of rotatable bonds is 15. The zero-order chi connectivity index (χ0) is 28.1. The molecule has 0 aliphatic heterocycles. The second-order valence-corrected chi connectivity index (χ2v) is 10.2. The van der Waals surface area contributed by atoms with Crippen molar-refractivity contribution in [2.24, 2.45) is 23.5 Å². The van der Waals surface area contributed by atoms with Gasteiger partial charge in [0.25, 0.3) is 0 Å². The number of carboxylic acid groups (broad SMARTS) is 1. The fraction of sp³-hybridized carbons (Fsp3) is 0.542. The van der Waals surface area contributed by atoms with Gasteiger partial charge in [0.15, 0.2) is 11.5 Å². The first kappa shape index (κ1) is 32.0. The minimum atomic E-state index is -1.21. The van der Waals surface area contributed by atoms with E-state index in [-0.39, 0.29) is 48.3 Å². The number of thioether (sulfide) groups is 1. The van der Waals surface area contributed by atoms with Crippen LogP contribution in [0.25, 0.3) is 0 Å². The van der Waals surface area contributed by atoms with Crippen LogP contribution in [-0.4, -0.2) is 69.0 Å². The Bertz CT molecular complexity index is 974. The summed E-state index contributed by atoms with van der Waals surface area (Å²) >= 11 is 5.85. The van der Waals surface area contributed by atoms with Gasteiger partial charge in [-0.15, -0.1) is 0 Å². The summed E-state index contributed by atoms with van der Waals surface area (Å²) in [6, 6.07) is 4.27. The molecule has 0 fully saturated rings. The number of thiocarbonyl (C=S) groups is 1. The fourth-order valence-electron chi connectivity index (χ4n) is 3.63. The van der Waals surface area contributed by atoms with E-state index in [2.05, 4.69) is 5.32 Å². The highest BCUT2D eigenvalue weighted by Crippen LogP contribution is 2.29. The van der Waals surface area contributed by atoms with Crippen LogP contribution in [0.2, 0.25) is 0 Å². The Labute approximate surface area is 225 Å². The molecule has 0 spiro atoms. The van der Waals surface area contributed by atoms with Gasteiger partial charge in [0, 0.05) is 18.4 Å². The number of aromatic hydroxyl groups is 2. The molecule has 0 heterocycles. The van der Waals surface area contributed by atoms with E-state index in [0.717, 1.165) is 11.8 Å². The Balaban J connectivity index is 3.06. The lowest BCUT2D eigenvalue weighted by atomic mass is 9.84. The van der Waals surface area contributed by atoms with Crippen molar-refractivity contribution >= 4 is 52.1 Å². The number of benzene rings is 1. The van der Waals surface area contributed by atoms with E-state index in [1.54, 1.807) is 19.9 Å². The zero-order valence-corrected chi connectivity index (χ0v) is 22.6. The van der Waals surface area contributed by atoms with Crippen LogP contribution in [-0.2, 0) is 35.1 Å². The Morgan fingerprint density at radius 2 is 1.78 bits per heavy atom. The lowest BCUT2D eigenvalue weighted by molar-refractivity contribution is -0.145. The molecule has 0 saturated carbocycles. The highest BCUT2D eigenvalue weighted by Gasteiger charge is 2.34. The van der Waals surface area contributed by atoms with E-state index in [9.17, 15) is 34.5 Å². The van der Waals surface area contributed by atoms with Crippen molar-refractivity contribution in [3.63, 3.8) is 0 Å². The average Bonchev–Trinajstić information content (AvgIpc) is 2.83. The Kier molecular flexibility index (Phi) is 13.8. The summed E-state index contributed by atoms with van der Waals surface area (Å²) in [6.45, 7) is 3.67. The molecule has 4 atom stereocenters. The van der Waals surface area contributed by atoms with Gasteiger partial charge in [-0.05, 0) is 62.5 Å². The van der Waals surface area contributed by atoms with Gasteiger partial charge >= 0.3 is 11.9 Å². The number of hydrogen-bond donors (Lipinski definition) is 5. The number of phenols is 2. The number of amides is 2. The molecule has 0 aromatic heterocycles. The van der Waals surface area contributed by atoms with Crippen molar-refractivity contribution in [2.75, 3.05) is 20.3 Å². The standard InChI is InChI=1S/C24H34N2O9S2/c1-4-35-24(36)37-19(22(31)32)12-16(11-15(20(25)29)9-13(2)23(33)34-3)21(30)26-8-7-14-5-6-17(27)18(28)10-14/h5-6,10,13,15-16,19,27-28H,4,7-9,11-12H2,1-3H3,(H2,25,29)(H,26,30)(H,31,32). The number of nitrogens with one attached hydrogen (secondary N) is 1. The average molecular weight is 559 g/mol. The van der Waals surface area contributed by atoms with Crippen molar-refractivity contribution in [2.45, 2.75) is 44.8 Å². The highest BCUT2D eigenvalue weighted by molar-refractivity contribution is 8.23. The molecule has 4 unspecified atom stereocenters. The Hall–Kier alpha value is -3.06. The number of nitrogens with two attached hydrogens (primary N) is 1. The summed E-state index contributed by atoms with van der Waals surface area (Å²) in [5, 5.41) is 30.4. The van der Waals surface area contributed by atoms with Crippen LogP contribution in [0.3, 0.4) is 0 Å². The first-order valence-electron chi connectivity index (χ1n) is 11.6. The van der Waals surface area contributed by atoms with E-state index in [0.29, 0.717) is 12.0 Å². The highest BCUT2D eigenvalue weighted by atomic mass is 32.2. The number of primary amides is 1. The van der Waals surface area contributed by atoms with Crippen LogP contribution in [0.15, 0.2) is 18.2 Å². The van der Waals surface area contributed by atoms with Gasteiger partial charge in [0.1, 0.15) is 5.25 Å². The monoisotopic (exact) mass is 558 g/mol. The molecule has 0 radical (unpaired) electrons. The number of ether oxygens (including phenoxy) is 2. The molecule has 1 aromatic rings. The number of phenolic OH excluding ortho intramolecular Hbond substituents is 2. The third kappa shape index (κ3) is 11.3. The summed E-state index contributed by atoms with van der Waals surface area (Å²) in [6.07, 6.45) is 0.0843. The molecule has 2 amide bonds. The predicted octanol–water partition coefficient (Wildman–Crippen LogP) is 1.96. The van der Waals surface area contributed by atoms with Crippen molar-refractivity contribution in [1.82, 2.24) is 5.32 Å². The molecule has 1 rings (SSSR count). The lowest BCUT2D eigenvalue weighted by Crippen LogP contribution is -2.38. The Morgan fingerprint density at radius 3 is 2.32 bits per heavy atom. The molecular weight excluding hydrogens is 524 g/mol. The van der Waals surface area contributed by atoms with Gasteiger partial charge in [0.2, 0.25) is 16.2 Å². The fourth-order valence-corrected chi connectivity index (χ4v) is 4.94. The summed E-state index contributed by atoms with van der Waals surface area (Å²) in [5.74, 6) is -6.04. The van der Waals surface area contributed by atoms with Crippen LogP contribution in [0, 0.1) is 17.8 Å². The molecule has 1 aromatic carbocycles. The molecule has 0 aliphatic carbocycles. The van der Waals surface area contributed by atoms with E-state index in [4.69, 9.17) is 27.4 Å². The molecular formula is C24H34N2O9S2. The Morgan fingerprint density at radius 1 is 1.11 bits per heavy atom. The summed E-state index contributed by atoms with van der Waals surface area (Å²) in [5.41, 5.74) is 6.21. The molecule has 206 valence electrons. The molecule has 0 bridgehead atoms. The van der Waals surface area contributed by atoms with E-state index in [1.165, 1.54) is 19.2 Å². The number of esters is 1. The minimum Gasteiger partial charge on any atom is -0.504 e. The second-order valence-electron chi connectivity index (χ2n) is 8.42. The van der Waals surface area contributed by atoms with E-state index in [1.807, 2.05) is 0 Å². The first-order chi connectivity index (χ1) is 17.4. The maximum absolute atomic E-state index is 13.1. The number of aliphatic carboxylic acids is 1. The quantitative estimate of drug-likeness (QED) is 0.120. The molecule has 13 heteroatoms. The molecule has 0 aliphatic rings. The lowest BCUT2D eigenvalue weighted by Gasteiger charge is -2.25. The number of hydrogen-bond acceptors (Lipinski definition) is 10. The minimum absolute atomic E-state index is 0.0203. The topological polar surface area (TPSA) is 185 Å². The van der Waals surface area contributed by atoms with Gasteiger partial charge in [-0.2, -0.15) is 0 Å². The van der Waals surface area contributed by atoms with Gasteiger partial charge in [-0.3, -0.25) is 19.2 Å². The van der Waals surface area contributed by atoms with Crippen LogP contribution in [0.4, 0.5) is 0 Å². The van der Waals surface area contributed by atoms with Crippen molar-refractivity contribution in [3.05, 3.63) is 23.8 Å². The maximum Gasteiger partial charge on any atom is 0.317 e. The first-order valence-corrected chi connectivity index (χ1v) is 12.9. The number of methoxy groups -OCH3 is 1. The molecule has 6 N–H and O–H groups in total. The maximum atomic E-state index is 13.1. The van der Waals surface area contributed by atoms with Crippen molar-refractivity contribution in [3.8, 4) is 11.5 Å². The number of carbonyl (C=O) groups excluding carboxylic acids is 3. The number of carboxylic acids is 1. The van der Waals surface area contributed by atoms with Gasteiger partial charge in [-0.1, -0.05) is 24.8 Å². The molecule has 37 heavy (non-hydrogen) atoms. The van der Waals surface area contributed by atoms with Crippen LogP contribution < -0.4 is 11.1 Å². The summed E-state index contributed by atoms with van der Waals surface area (Å²) < 4.78 is 9.90. The molecule has 0 saturated heterocycles. The van der Waals surface area contributed by atoms with Crippen LogP contribution in [0.1, 0.15) is 38.7 Å². The third-order valence-corrected chi connectivity index (χ3v) is 7.01. The zero-order valence-electron chi connectivity index (χ0n) is 21.0. The van der Waals surface area contributed by atoms with Crippen LogP contribution >= 0.6 is 24.0 Å². The SMILES string of the molecule is CCOC(=S)SC(CC(CC(CC(C)C(=O)OC)C(N)=O)C(=O)NCCc1ccc(O)c(O)c1)C(=O)O. The van der Waals surface area contributed by atoms with Crippen molar-refractivity contribution < 1.29 is 44.0 Å². The smallest absolute Gasteiger partial charge is 0.317 e. The van der Waals surface area contributed by atoms with Gasteiger partial charge in [0.05, 0.1) is 19.6 Å². The summed E-state index contributed by atoms with van der Waals surface area (Å²) in [4.78, 5) is 49.1. The summed E-state index contributed by atoms with van der Waals surface area (Å²) in [7, 11) is 1.22. The van der Waals surface area contributed by atoms with Gasteiger partial charge < -0.3 is 35.8 Å². The second kappa shape index (κ2) is 15.9. The van der Waals surface area contributed by atoms with E-state index >= 15 is 0 Å².